The van der Waals surface area contributed by atoms with Crippen LogP contribution >= 0.6 is 0 Å². The highest BCUT2D eigenvalue weighted by Gasteiger charge is 2.20. The second-order valence-corrected chi connectivity index (χ2v) is 7.34. The number of furan rings is 1. The fraction of sp³-hybridized carbons (Fsp3) is 0.200. The second kappa shape index (κ2) is 9.34. The maximum atomic E-state index is 12.4. The third kappa shape index (κ3) is 4.86. The summed E-state index contributed by atoms with van der Waals surface area (Å²) in [5.41, 5.74) is 3.80. The van der Waals surface area contributed by atoms with Crippen LogP contribution < -0.4 is 10.1 Å². The van der Waals surface area contributed by atoms with Crippen molar-refractivity contribution in [1.29, 1.82) is 0 Å². The van der Waals surface area contributed by atoms with E-state index in [0.717, 1.165) is 34.0 Å². The molecule has 2 aromatic heterocycles. The number of nitrogens with zero attached hydrogens (tertiary/aromatic N) is 2. The standard InChI is InChI=1S/C25H25N3O3/c1-18-9-6-7-13-23(18)28-25(31-20-10-4-3-5-11-20)22(19(2)27-28)14-15-24(29)26-17-21-12-8-16-30-21/h3-13,16H,14-15,17H2,1-2H3,(H,26,29). The van der Waals surface area contributed by atoms with Crippen molar-refractivity contribution in [3.05, 3.63) is 95.6 Å². The van der Waals surface area contributed by atoms with Crippen molar-refractivity contribution in [1.82, 2.24) is 15.1 Å². The number of rotatable bonds is 8. The molecule has 1 N–H and O–H groups in total. The molecule has 2 aromatic carbocycles. The summed E-state index contributed by atoms with van der Waals surface area (Å²) >= 11 is 0. The Morgan fingerprint density at radius 3 is 2.55 bits per heavy atom. The molecule has 0 saturated carbocycles. The van der Waals surface area contributed by atoms with E-state index in [1.165, 1.54) is 0 Å². The number of aromatic nitrogens is 2. The van der Waals surface area contributed by atoms with Gasteiger partial charge in [-0.3, -0.25) is 4.79 Å². The lowest BCUT2D eigenvalue weighted by Crippen LogP contribution is -2.22. The molecule has 0 aliphatic carbocycles. The number of nitrogens with one attached hydrogen (secondary N) is 1. The van der Waals surface area contributed by atoms with Crippen molar-refractivity contribution >= 4 is 5.91 Å². The van der Waals surface area contributed by atoms with Gasteiger partial charge in [0.1, 0.15) is 11.5 Å². The van der Waals surface area contributed by atoms with Crippen LogP contribution in [0.4, 0.5) is 0 Å². The van der Waals surface area contributed by atoms with Crippen molar-refractivity contribution in [2.75, 3.05) is 0 Å². The molecule has 0 aliphatic rings. The van der Waals surface area contributed by atoms with E-state index >= 15 is 0 Å². The van der Waals surface area contributed by atoms with Crippen molar-refractivity contribution < 1.29 is 13.9 Å². The van der Waals surface area contributed by atoms with Crippen molar-refractivity contribution in [2.45, 2.75) is 33.2 Å². The molecule has 0 fully saturated rings. The molecule has 0 aliphatic heterocycles. The molecule has 0 spiro atoms. The fourth-order valence-electron chi connectivity index (χ4n) is 3.42. The first-order valence-electron chi connectivity index (χ1n) is 10.3. The van der Waals surface area contributed by atoms with Crippen LogP contribution in [0.3, 0.4) is 0 Å². The maximum absolute atomic E-state index is 12.4. The topological polar surface area (TPSA) is 69.3 Å². The highest BCUT2D eigenvalue weighted by atomic mass is 16.5. The van der Waals surface area contributed by atoms with Crippen LogP contribution in [0, 0.1) is 13.8 Å². The Balaban J connectivity index is 1.58. The van der Waals surface area contributed by atoms with Crippen molar-refractivity contribution in [3.8, 4) is 17.3 Å². The molecule has 31 heavy (non-hydrogen) atoms. The molecule has 0 unspecified atom stereocenters. The van der Waals surface area contributed by atoms with Crippen molar-refractivity contribution in [3.63, 3.8) is 0 Å². The second-order valence-electron chi connectivity index (χ2n) is 7.34. The van der Waals surface area contributed by atoms with Gasteiger partial charge in [-0.25, -0.2) is 0 Å². The molecular formula is C25H25N3O3. The van der Waals surface area contributed by atoms with E-state index in [-0.39, 0.29) is 5.91 Å². The summed E-state index contributed by atoms with van der Waals surface area (Å²) in [5.74, 6) is 2.03. The Morgan fingerprint density at radius 2 is 1.81 bits per heavy atom. The van der Waals surface area contributed by atoms with Gasteiger partial charge >= 0.3 is 0 Å². The molecular weight excluding hydrogens is 390 g/mol. The fourth-order valence-corrected chi connectivity index (χ4v) is 3.42. The predicted octanol–water partition coefficient (Wildman–Crippen LogP) is 5.12. The Kier molecular flexibility index (Phi) is 6.17. The number of para-hydroxylation sites is 2. The van der Waals surface area contributed by atoms with Crippen LogP contribution in [0.5, 0.6) is 11.6 Å². The van der Waals surface area contributed by atoms with Gasteiger partial charge in [-0.1, -0.05) is 36.4 Å². The van der Waals surface area contributed by atoms with E-state index in [4.69, 9.17) is 14.3 Å². The normalized spacial score (nSPS) is 10.8. The molecule has 158 valence electrons. The Bertz CT molecular complexity index is 1150. The van der Waals surface area contributed by atoms with Gasteiger partial charge in [-0.2, -0.15) is 9.78 Å². The SMILES string of the molecule is Cc1ccccc1-n1nc(C)c(CCC(=O)NCc2ccco2)c1Oc1ccccc1. The van der Waals surface area contributed by atoms with E-state index < -0.39 is 0 Å². The highest BCUT2D eigenvalue weighted by molar-refractivity contribution is 5.76. The summed E-state index contributed by atoms with van der Waals surface area (Å²) in [6, 6.07) is 21.3. The van der Waals surface area contributed by atoms with E-state index in [2.05, 4.69) is 5.32 Å². The zero-order valence-corrected chi connectivity index (χ0v) is 17.7. The molecule has 6 nitrogen and oxygen atoms in total. The summed E-state index contributed by atoms with van der Waals surface area (Å²) < 4.78 is 13.4. The van der Waals surface area contributed by atoms with Crippen LogP contribution in [0.25, 0.3) is 5.69 Å². The highest BCUT2D eigenvalue weighted by Crippen LogP contribution is 2.32. The molecule has 0 saturated heterocycles. The summed E-state index contributed by atoms with van der Waals surface area (Å²) in [6.45, 7) is 4.36. The summed E-state index contributed by atoms with van der Waals surface area (Å²) in [7, 11) is 0. The molecule has 6 heteroatoms. The minimum atomic E-state index is -0.0508. The first-order valence-corrected chi connectivity index (χ1v) is 10.3. The van der Waals surface area contributed by atoms with Gasteiger partial charge in [0.2, 0.25) is 11.8 Å². The molecule has 0 bridgehead atoms. The molecule has 0 atom stereocenters. The third-order valence-electron chi connectivity index (χ3n) is 5.08. The van der Waals surface area contributed by atoms with Gasteiger partial charge in [0.05, 0.1) is 24.2 Å². The number of carbonyl (C=O) groups excluding carboxylic acids is 1. The number of hydrogen-bond acceptors (Lipinski definition) is 4. The van der Waals surface area contributed by atoms with Gasteiger partial charge in [-0.05, 0) is 56.2 Å². The number of ether oxygens (including phenoxy) is 1. The van der Waals surface area contributed by atoms with E-state index in [1.807, 2.05) is 79.2 Å². The molecule has 1 amide bonds. The lowest BCUT2D eigenvalue weighted by molar-refractivity contribution is -0.121. The minimum absolute atomic E-state index is 0.0508. The van der Waals surface area contributed by atoms with Gasteiger partial charge in [-0.15, -0.1) is 0 Å². The first kappa shape index (κ1) is 20.5. The van der Waals surface area contributed by atoms with Gasteiger partial charge in [0.25, 0.3) is 0 Å². The van der Waals surface area contributed by atoms with E-state index in [1.54, 1.807) is 12.3 Å². The van der Waals surface area contributed by atoms with E-state index in [9.17, 15) is 4.79 Å². The van der Waals surface area contributed by atoms with Crippen LogP contribution in [-0.2, 0) is 17.8 Å². The quantitative estimate of drug-likeness (QED) is 0.433. The predicted molar refractivity (Wildman–Crippen MR) is 118 cm³/mol. The summed E-state index contributed by atoms with van der Waals surface area (Å²) in [4.78, 5) is 12.4. The number of amides is 1. The number of hydrogen-bond donors (Lipinski definition) is 1. The number of aryl methyl sites for hydroxylation is 2. The van der Waals surface area contributed by atoms with Crippen LogP contribution in [0.1, 0.15) is 29.0 Å². The molecule has 4 rings (SSSR count). The Morgan fingerprint density at radius 1 is 1.03 bits per heavy atom. The third-order valence-corrected chi connectivity index (χ3v) is 5.08. The minimum Gasteiger partial charge on any atom is -0.467 e. The first-order chi connectivity index (χ1) is 15.1. The van der Waals surface area contributed by atoms with Crippen LogP contribution in [-0.4, -0.2) is 15.7 Å². The molecule has 4 aromatic rings. The number of benzene rings is 2. The largest absolute Gasteiger partial charge is 0.467 e. The lowest BCUT2D eigenvalue weighted by atomic mass is 10.1. The maximum Gasteiger partial charge on any atom is 0.226 e. The van der Waals surface area contributed by atoms with Gasteiger partial charge < -0.3 is 14.5 Å². The van der Waals surface area contributed by atoms with E-state index in [0.29, 0.717) is 25.3 Å². The smallest absolute Gasteiger partial charge is 0.226 e. The Hall–Kier alpha value is -3.80. The van der Waals surface area contributed by atoms with Crippen LogP contribution in [0.2, 0.25) is 0 Å². The van der Waals surface area contributed by atoms with Crippen LogP contribution in [0.15, 0.2) is 77.4 Å². The molecule has 0 radical (unpaired) electrons. The zero-order chi connectivity index (χ0) is 21.6. The average molecular weight is 415 g/mol. The Labute approximate surface area is 181 Å². The number of carbonyl (C=O) groups is 1. The zero-order valence-electron chi connectivity index (χ0n) is 17.7. The van der Waals surface area contributed by atoms with Gasteiger partial charge in [0, 0.05) is 12.0 Å². The lowest BCUT2D eigenvalue weighted by Gasteiger charge is -2.13. The van der Waals surface area contributed by atoms with Crippen molar-refractivity contribution in [2.24, 2.45) is 0 Å². The monoisotopic (exact) mass is 415 g/mol. The summed E-state index contributed by atoms with van der Waals surface area (Å²) in [6.07, 6.45) is 2.44. The van der Waals surface area contributed by atoms with Gasteiger partial charge in [0.15, 0.2) is 0 Å². The molecule has 2 heterocycles. The average Bonchev–Trinajstić information content (AvgIpc) is 3.40. The summed E-state index contributed by atoms with van der Waals surface area (Å²) in [5, 5.41) is 7.64.